The smallest absolute Gasteiger partial charge is 0.302 e. The van der Waals surface area contributed by atoms with E-state index in [1.807, 2.05) is 0 Å². The third-order valence-electron chi connectivity index (χ3n) is 5.88. The molecule has 0 heterocycles. The number of ether oxygens (including phenoxy) is 1. The molecule has 2 heteroatoms. The van der Waals surface area contributed by atoms with E-state index >= 15 is 0 Å². The topological polar surface area (TPSA) is 26.3 Å². The lowest BCUT2D eigenvalue weighted by Gasteiger charge is -2.56. The lowest BCUT2D eigenvalue weighted by Crippen LogP contribution is -2.49. The molecule has 0 aromatic carbocycles. The van der Waals surface area contributed by atoms with Crippen LogP contribution in [0.2, 0.25) is 0 Å². The number of carbonyl (C=O) groups excluding carboxylic acids is 1. The first-order chi connectivity index (χ1) is 9.81. The van der Waals surface area contributed by atoms with E-state index in [9.17, 15) is 4.79 Å². The molecule has 118 valence electrons. The van der Waals surface area contributed by atoms with Gasteiger partial charge in [0.25, 0.3) is 0 Å². The number of allylic oxidation sites excluding steroid dienone is 3. The predicted molar refractivity (Wildman–Crippen MR) is 86.9 cm³/mol. The molecule has 0 N–H and O–H groups in total. The van der Waals surface area contributed by atoms with Crippen molar-refractivity contribution in [1.29, 1.82) is 0 Å². The molecule has 3 unspecified atom stereocenters. The van der Waals surface area contributed by atoms with Gasteiger partial charge in [-0.2, -0.15) is 0 Å². The highest BCUT2D eigenvalue weighted by atomic mass is 16.5. The van der Waals surface area contributed by atoms with Gasteiger partial charge < -0.3 is 4.74 Å². The number of esters is 1. The molecule has 0 bridgehead atoms. The molecule has 0 amide bonds. The third-order valence-corrected chi connectivity index (χ3v) is 5.88. The quantitative estimate of drug-likeness (QED) is 0.691. The van der Waals surface area contributed by atoms with Gasteiger partial charge in [-0.15, -0.1) is 0 Å². The van der Waals surface area contributed by atoms with Gasteiger partial charge in [0.1, 0.15) is 0 Å². The van der Waals surface area contributed by atoms with Gasteiger partial charge in [-0.1, -0.05) is 45.4 Å². The van der Waals surface area contributed by atoms with Gasteiger partial charge in [-0.05, 0) is 48.5 Å². The minimum atomic E-state index is -0.171. The van der Waals surface area contributed by atoms with E-state index in [0.717, 1.165) is 6.42 Å². The van der Waals surface area contributed by atoms with Crippen LogP contribution < -0.4 is 0 Å². The average molecular weight is 290 g/mol. The predicted octanol–water partition coefficient (Wildman–Crippen LogP) is 4.90. The van der Waals surface area contributed by atoms with Gasteiger partial charge in [0, 0.05) is 12.8 Å². The molecule has 0 spiro atoms. The first-order valence-corrected chi connectivity index (χ1v) is 8.27. The van der Waals surface area contributed by atoms with Crippen molar-refractivity contribution in [3.05, 3.63) is 23.8 Å². The highest BCUT2D eigenvalue weighted by molar-refractivity contribution is 5.66. The normalized spacial score (nSPS) is 35.2. The molecular formula is C19H30O2. The van der Waals surface area contributed by atoms with Crippen LogP contribution in [0.1, 0.15) is 60.3 Å². The van der Waals surface area contributed by atoms with Gasteiger partial charge in [0.15, 0.2) is 0 Å². The van der Waals surface area contributed by atoms with E-state index in [0.29, 0.717) is 23.9 Å². The molecule has 1 saturated carbocycles. The summed E-state index contributed by atoms with van der Waals surface area (Å²) in [6, 6.07) is 0. The van der Waals surface area contributed by atoms with Crippen molar-refractivity contribution in [1.82, 2.24) is 0 Å². The van der Waals surface area contributed by atoms with E-state index in [4.69, 9.17) is 4.74 Å². The largest absolute Gasteiger partial charge is 0.465 e. The summed E-state index contributed by atoms with van der Waals surface area (Å²) in [6.45, 7) is 11.3. The Morgan fingerprint density at radius 2 is 2.10 bits per heavy atom. The molecule has 2 nitrogen and oxygen atoms in total. The molecule has 2 aliphatic carbocycles. The highest BCUT2D eigenvalue weighted by Gasteiger charge is 2.52. The second kappa shape index (κ2) is 5.98. The SMILES string of the molecule is CC=CC1=CCC2C(C)(C)CCCC2(C)C1COC(C)=O. The summed E-state index contributed by atoms with van der Waals surface area (Å²) in [5.74, 6) is 0.833. The molecule has 0 aromatic heterocycles. The monoisotopic (exact) mass is 290 g/mol. The molecule has 0 aliphatic heterocycles. The molecule has 2 rings (SSSR count). The van der Waals surface area contributed by atoms with Crippen molar-refractivity contribution in [3.63, 3.8) is 0 Å². The summed E-state index contributed by atoms with van der Waals surface area (Å²) in [5.41, 5.74) is 1.97. The number of hydrogen-bond acceptors (Lipinski definition) is 2. The fourth-order valence-corrected chi connectivity index (χ4v) is 4.81. The van der Waals surface area contributed by atoms with Crippen LogP contribution in [0, 0.1) is 22.7 Å². The molecule has 21 heavy (non-hydrogen) atoms. The van der Waals surface area contributed by atoms with Crippen molar-refractivity contribution in [2.45, 2.75) is 60.3 Å². The highest BCUT2D eigenvalue weighted by Crippen LogP contribution is 2.59. The van der Waals surface area contributed by atoms with E-state index in [-0.39, 0.29) is 11.4 Å². The van der Waals surface area contributed by atoms with Gasteiger partial charge in [0.2, 0.25) is 0 Å². The van der Waals surface area contributed by atoms with Crippen molar-refractivity contribution < 1.29 is 9.53 Å². The Balaban J connectivity index is 2.36. The molecule has 0 aromatic rings. The molecule has 3 atom stereocenters. The van der Waals surface area contributed by atoms with Crippen LogP contribution >= 0.6 is 0 Å². The average Bonchev–Trinajstić information content (AvgIpc) is 2.36. The Kier molecular flexibility index (Phi) is 4.65. The molecule has 1 fully saturated rings. The number of hydrogen-bond donors (Lipinski definition) is 0. The van der Waals surface area contributed by atoms with Gasteiger partial charge in [-0.3, -0.25) is 4.79 Å². The first kappa shape index (κ1) is 16.3. The Morgan fingerprint density at radius 1 is 1.38 bits per heavy atom. The van der Waals surface area contributed by atoms with Crippen LogP contribution in [-0.4, -0.2) is 12.6 Å². The summed E-state index contributed by atoms with van der Waals surface area (Å²) in [6.07, 6.45) is 11.7. The van der Waals surface area contributed by atoms with Crippen molar-refractivity contribution >= 4 is 5.97 Å². The Hall–Kier alpha value is -1.05. The van der Waals surface area contributed by atoms with Crippen LogP contribution in [0.5, 0.6) is 0 Å². The second-order valence-electron chi connectivity index (χ2n) is 7.70. The van der Waals surface area contributed by atoms with E-state index in [1.54, 1.807) is 0 Å². The Labute approximate surface area is 129 Å². The summed E-state index contributed by atoms with van der Waals surface area (Å²) in [5, 5.41) is 0. The molecule has 2 aliphatic rings. The summed E-state index contributed by atoms with van der Waals surface area (Å²) in [7, 11) is 0. The molecule has 0 saturated heterocycles. The van der Waals surface area contributed by atoms with Crippen LogP contribution in [-0.2, 0) is 9.53 Å². The van der Waals surface area contributed by atoms with Crippen LogP contribution in [0.25, 0.3) is 0 Å². The Bertz CT molecular complexity index is 458. The Morgan fingerprint density at radius 3 is 2.71 bits per heavy atom. The fraction of sp³-hybridized carbons (Fsp3) is 0.737. The zero-order chi connectivity index (χ0) is 15.7. The van der Waals surface area contributed by atoms with Crippen LogP contribution in [0.15, 0.2) is 23.8 Å². The second-order valence-corrected chi connectivity index (χ2v) is 7.70. The van der Waals surface area contributed by atoms with Gasteiger partial charge >= 0.3 is 5.97 Å². The van der Waals surface area contributed by atoms with E-state index in [2.05, 4.69) is 45.9 Å². The van der Waals surface area contributed by atoms with Crippen molar-refractivity contribution in [2.75, 3.05) is 6.61 Å². The molecule has 0 radical (unpaired) electrons. The minimum Gasteiger partial charge on any atom is -0.465 e. The summed E-state index contributed by atoms with van der Waals surface area (Å²) < 4.78 is 5.43. The lowest BCUT2D eigenvalue weighted by atomic mass is 9.48. The standard InChI is InChI=1S/C19H30O2/c1-6-8-15-9-10-17-18(3,4)11-7-12-19(17,5)16(15)13-21-14(2)20/h6,8-9,16-17H,7,10-13H2,1-5H3. The zero-order valence-corrected chi connectivity index (χ0v) is 14.2. The van der Waals surface area contributed by atoms with Crippen LogP contribution in [0.4, 0.5) is 0 Å². The first-order valence-electron chi connectivity index (χ1n) is 8.27. The summed E-state index contributed by atoms with van der Waals surface area (Å²) >= 11 is 0. The number of fused-ring (bicyclic) bond motifs is 1. The summed E-state index contributed by atoms with van der Waals surface area (Å²) in [4.78, 5) is 11.3. The zero-order valence-electron chi connectivity index (χ0n) is 14.2. The van der Waals surface area contributed by atoms with Gasteiger partial charge in [-0.25, -0.2) is 0 Å². The van der Waals surface area contributed by atoms with E-state index in [1.165, 1.54) is 31.8 Å². The fourth-order valence-electron chi connectivity index (χ4n) is 4.81. The molecular weight excluding hydrogens is 260 g/mol. The maximum atomic E-state index is 11.3. The van der Waals surface area contributed by atoms with Gasteiger partial charge in [0.05, 0.1) is 6.61 Å². The van der Waals surface area contributed by atoms with Crippen LogP contribution in [0.3, 0.4) is 0 Å². The maximum absolute atomic E-state index is 11.3. The number of rotatable bonds is 3. The van der Waals surface area contributed by atoms with E-state index < -0.39 is 0 Å². The minimum absolute atomic E-state index is 0.171. The number of carbonyl (C=O) groups is 1. The maximum Gasteiger partial charge on any atom is 0.302 e. The lowest BCUT2D eigenvalue weighted by molar-refractivity contribution is -0.145. The van der Waals surface area contributed by atoms with Crippen molar-refractivity contribution in [2.24, 2.45) is 22.7 Å². The van der Waals surface area contributed by atoms with Crippen molar-refractivity contribution in [3.8, 4) is 0 Å². The third kappa shape index (κ3) is 3.09.